The van der Waals surface area contributed by atoms with Gasteiger partial charge in [-0.25, -0.2) is 0 Å². The number of piperidine rings is 1. The second kappa shape index (κ2) is 7.00. The molecule has 110 valence electrons. The molecule has 20 heavy (non-hydrogen) atoms. The highest BCUT2D eigenvalue weighted by atomic mass is 16.3. The fourth-order valence-corrected chi connectivity index (χ4v) is 3.17. The predicted octanol–water partition coefficient (Wildman–Crippen LogP) is 2.88. The molecule has 3 unspecified atom stereocenters. The SMILES string of the molecule is CC(O)CC1CCCC(CC(=O)c2ccccc2)N1C. The molecule has 0 radical (unpaired) electrons. The number of benzene rings is 1. The average Bonchev–Trinajstić information content (AvgIpc) is 2.43. The Kier molecular flexibility index (Phi) is 5.32. The van der Waals surface area contributed by atoms with E-state index >= 15 is 0 Å². The highest BCUT2D eigenvalue weighted by Gasteiger charge is 2.29. The van der Waals surface area contributed by atoms with Gasteiger partial charge in [-0.2, -0.15) is 0 Å². The monoisotopic (exact) mass is 275 g/mol. The van der Waals surface area contributed by atoms with Crippen LogP contribution in [0.2, 0.25) is 0 Å². The summed E-state index contributed by atoms with van der Waals surface area (Å²) in [4.78, 5) is 14.6. The lowest BCUT2D eigenvalue weighted by molar-refractivity contribution is 0.0599. The second-order valence-electron chi connectivity index (χ2n) is 5.98. The Bertz CT molecular complexity index is 430. The summed E-state index contributed by atoms with van der Waals surface area (Å²) < 4.78 is 0. The fourth-order valence-electron chi connectivity index (χ4n) is 3.17. The van der Waals surface area contributed by atoms with Gasteiger partial charge < -0.3 is 5.11 Å². The Labute approximate surface area is 121 Å². The van der Waals surface area contributed by atoms with Gasteiger partial charge in [0.15, 0.2) is 5.78 Å². The van der Waals surface area contributed by atoms with E-state index in [2.05, 4.69) is 11.9 Å². The molecule has 1 heterocycles. The quantitative estimate of drug-likeness (QED) is 0.840. The number of carbonyl (C=O) groups is 1. The zero-order valence-electron chi connectivity index (χ0n) is 12.5. The molecule has 0 spiro atoms. The van der Waals surface area contributed by atoms with Crippen LogP contribution in [0.15, 0.2) is 30.3 Å². The molecule has 2 rings (SSSR count). The van der Waals surface area contributed by atoms with Gasteiger partial charge in [0.25, 0.3) is 0 Å². The summed E-state index contributed by atoms with van der Waals surface area (Å²) in [6, 6.07) is 10.2. The van der Waals surface area contributed by atoms with E-state index in [0.717, 1.165) is 31.2 Å². The number of rotatable bonds is 5. The number of aliphatic hydroxyl groups is 1. The lowest BCUT2D eigenvalue weighted by Gasteiger charge is -2.40. The maximum atomic E-state index is 12.3. The Morgan fingerprint density at radius 2 is 1.95 bits per heavy atom. The minimum atomic E-state index is -0.272. The molecule has 1 fully saturated rings. The van der Waals surface area contributed by atoms with E-state index in [-0.39, 0.29) is 11.9 Å². The Balaban J connectivity index is 1.96. The average molecular weight is 275 g/mol. The van der Waals surface area contributed by atoms with E-state index < -0.39 is 0 Å². The van der Waals surface area contributed by atoms with Gasteiger partial charge in [0, 0.05) is 24.1 Å². The number of ketones is 1. The van der Waals surface area contributed by atoms with Crippen molar-refractivity contribution in [3.8, 4) is 0 Å². The van der Waals surface area contributed by atoms with Crippen LogP contribution in [0.4, 0.5) is 0 Å². The first kappa shape index (κ1) is 15.2. The number of hydrogen-bond acceptors (Lipinski definition) is 3. The van der Waals surface area contributed by atoms with E-state index in [1.54, 1.807) is 0 Å². The van der Waals surface area contributed by atoms with Crippen LogP contribution in [0.3, 0.4) is 0 Å². The minimum absolute atomic E-state index is 0.222. The van der Waals surface area contributed by atoms with Crippen molar-refractivity contribution in [2.45, 2.75) is 57.2 Å². The molecule has 3 heteroatoms. The third kappa shape index (κ3) is 3.90. The lowest BCUT2D eigenvalue weighted by Crippen LogP contribution is -2.45. The maximum Gasteiger partial charge on any atom is 0.164 e. The molecule has 1 aromatic rings. The van der Waals surface area contributed by atoms with Crippen LogP contribution in [0.1, 0.15) is 49.4 Å². The largest absolute Gasteiger partial charge is 0.393 e. The Hall–Kier alpha value is -1.19. The maximum absolute atomic E-state index is 12.3. The minimum Gasteiger partial charge on any atom is -0.393 e. The summed E-state index contributed by atoms with van der Waals surface area (Å²) >= 11 is 0. The first-order valence-electron chi connectivity index (χ1n) is 7.56. The van der Waals surface area contributed by atoms with E-state index in [4.69, 9.17) is 0 Å². The first-order valence-corrected chi connectivity index (χ1v) is 7.56. The van der Waals surface area contributed by atoms with Gasteiger partial charge in [-0.05, 0) is 33.2 Å². The summed E-state index contributed by atoms with van der Waals surface area (Å²) in [6.45, 7) is 1.84. The number of aliphatic hydroxyl groups excluding tert-OH is 1. The van der Waals surface area contributed by atoms with Crippen molar-refractivity contribution in [1.82, 2.24) is 4.90 Å². The molecule has 0 aliphatic carbocycles. The summed E-state index contributed by atoms with van der Waals surface area (Å²) in [5.41, 5.74) is 0.804. The summed E-state index contributed by atoms with van der Waals surface area (Å²) in [7, 11) is 2.09. The molecule has 0 aromatic heterocycles. The van der Waals surface area contributed by atoms with Crippen LogP contribution >= 0.6 is 0 Å². The number of carbonyl (C=O) groups excluding carboxylic acids is 1. The zero-order valence-corrected chi connectivity index (χ0v) is 12.5. The van der Waals surface area contributed by atoms with Gasteiger partial charge in [0.2, 0.25) is 0 Å². The second-order valence-corrected chi connectivity index (χ2v) is 5.98. The van der Waals surface area contributed by atoms with Gasteiger partial charge in [-0.3, -0.25) is 9.69 Å². The van der Waals surface area contributed by atoms with Gasteiger partial charge >= 0.3 is 0 Å². The molecule has 1 N–H and O–H groups in total. The third-order valence-corrected chi connectivity index (χ3v) is 4.36. The van der Waals surface area contributed by atoms with E-state index in [1.165, 1.54) is 0 Å². The van der Waals surface area contributed by atoms with E-state index in [1.807, 2.05) is 37.3 Å². The van der Waals surface area contributed by atoms with Crippen molar-refractivity contribution in [3.05, 3.63) is 35.9 Å². The molecule has 3 atom stereocenters. The molecular weight excluding hydrogens is 250 g/mol. The van der Waals surface area contributed by atoms with Crippen molar-refractivity contribution in [2.75, 3.05) is 7.05 Å². The number of Topliss-reactive ketones (excluding diaryl/α,β-unsaturated/α-hetero) is 1. The van der Waals surface area contributed by atoms with Crippen LogP contribution in [-0.2, 0) is 0 Å². The normalized spacial score (nSPS) is 25.4. The van der Waals surface area contributed by atoms with Crippen molar-refractivity contribution < 1.29 is 9.90 Å². The molecular formula is C17H25NO2. The lowest BCUT2D eigenvalue weighted by atomic mass is 9.89. The number of hydrogen-bond donors (Lipinski definition) is 1. The van der Waals surface area contributed by atoms with Gasteiger partial charge in [-0.1, -0.05) is 36.8 Å². The standard InChI is InChI=1S/C17H25NO2/c1-13(19)11-15-9-6-10-16(18(15)2)12-17(20)14-7-4-3-5-8-14/h3-5,7-8,13,15-16,19H,6,9-12H2,1-2H3. The van der Waals surface area contributed by atoms with E-state index in [0.29, 0.717) is 18.5 Å². The Morgan fingerprint density at radius 3 is 2.60 bits per heavy atom. The van der Waals surface area contributed by atoms with Gasteiger partial charge in [0.1, 0.15) is 0 Å². The topological polar surface area (TPSA) is 40.5 Å². The van der Waals surface area contributed by atoms with Crippen molar-refractivity contribution in [2.24, 2.45) is 0 Å². The van der Waals surface area contributed by atoms with Gasteiger partial charge in [-0.15, -0.1) is 0 Å². The van der Waals surface area contributed by atoms with Gasteiger partial charge in [0.05, 0.1) is 6.10 Å². The van der Waals surface area contributed by atoms with Crippen molar-refractivity contribution in [1.29, 1.82) is 0 Å². The smallest absolute Gasteiger partial charge is 0.164 e. The van der Waals surface area contributed by atoms with Crippen LogP contribution in [0, 0.1) is 0 Å². The highest BCUT2D eigenvalue weighted by Crippen LogP contribution is 2.27. The van der Waals surface area contributed by atoms with Crippen LogP contribution in [0.25, 0.3) is 0 Å². The van der Waals surface area contributed by atoms with Crippen LogP contribution < -0.4 is 0 Å². The third-order valence-electron chi connectivity index (χ3n) is 4.36. The van der Waals surface area contributed by atoms with Crippen LogP contribution in [-0.4, -0.2) is 41.0 Å². The summed E-state index contributed by atoms with van der Waals surface area (Å²) in [5.74, 6) is 0.222. The molecule has 0 amide bonds. The van der Waals surface area contributed by atoms with Crippen LogP contribution in [0.5, 0.6) is 0 Å². The number of nitrogens with zero attached hydrogens (tertiary/aromatic N) is 1. The molecule has 3 nitrogen and oxygen atoms in total. The number of likely N-dealkylation sites (tertiary alicyclic amines) is 1. The first-order chi connectivity index (χ1) is 9.58. The molecule has 0 bridgehead atoms. The summed E-state index contributed by atoms with van der Waals surface area (Å²) in [5, 5.41) is 9.57. The van der Waals surface area contributed by atoms with Crippen molar-refractivity contribution in [3.63, 3.8) is 0 Å². The molecule has 1 aliphatic heterocycles. The summed E-state index contributed by atoms with van der Waals surface area (Å²) in [6.07, 6.45) is 4.45. The molecule has 0 saturated carbocycles. The predicted molar refractivity (Wildman–Crippen MR) is 80.9 cm³/mol. The van der Waals surface area contributed by atoms with Crippen molar-refractivity contribution >= 4 is 5.78 Å². The fraction of sp³-hybridized carbons (Fsp3) is 0.588. The highest BCUT2D eigenvalue weighted by molar-refractivity contribution is 5.96. The molecule has 1 saturated heterocycles. The molecule has 1 aromatic carbocycles. The zero-order chi connectivity index (χ0) is 14.5. The Morgan fingerprint density at radius 1 is 1.30 bits per heavy atom. The molecule has 1 aliphatic rings. The van der Waals surface area contributed by atoms with E-state index in [9.17, 15) is 9.90 Å².